The Morgan fingerprint density at radius 3 is 2.35 bits per heavy atom. The fourth-order valence-electron chi connectivity index (χ4n) is 3.78. The highest BCUT2D eigenvalue weighted by Crippen LogP contribution is 2.36. The van der Waals surface area contributed by atoms with Crippen molar-refractivity contribution in [1.29, 1.82) is 0 Å². The van der Waals surface area contributed by atoms with E-state index in [1.165, 1.54) is 19.3 Å². The molecule has 0 spiro atoms. The maximum absolute atomic E-state index is 13.1. The highest BCUT2D eigenvalue weighted by atomic mass is 32.2. The highest BCUT2D eigenvalue weighted by molar-refractivity contribution is 7.89. The van der Waals surface area contributed by atoms with Crippen LogP contribution in [0.5, 0.6) is 0 Å². The second-order valence-corrected chi connectivity index (χ2v) is 10.5. The molecule has 2 aromatic heterocycles. The summed E-state index contributed by atoms with van der Waals surface area (Å²) in [5.41, 5.74) is 1.07. The number of amides is 2. The van der Waals surface area contributed by atoms with Crippen LogP contribution in [0.15, 0.2) is 23.4 Å². The number of ketones is 1. The van der Waals surface area contributed by atoms with E-state index in [9.17, 15) is 18.0 Å². The van der Waals surface area contributed by atoms with Crippen LogP contribution in [0.4, 0.5) is 10.5 Å². The Hall–Kier alpha value is -2.66. The van der Waals surface area contributed by atoms with Gasteiger partial charge in [-0.1, -0.05) is 0 Å². The number of rotatable bonds is 5. The number of nitrogens with one attached hydrogen (secondary N) is 1. The van der Waals surface area contributed by atoms with Crippen molar-refractivity contribution in [2.24, 2.45) is 0 Å². The number of imidazole rings is 1. The summed E-state index contributed by atoms with van der Waals surface area (Å²) in [5, 5.41) is 0. The topological polar surface area (TPSA) is 107 Å². The first-order chi connectivity index (χ1) is 14.5. The third-order valence-corrected chi connectivity index (χ3v) is 7.49. The number of nitrogens with zero attached hydrogens (tertiary/aromatic N) is 5. The van der Waals surface area contributed by atoms with Crippen LogP contribution in [0.3, 0.4) is 0 Å². The van der Waals surface area contributed by atoms with Gasteiger partial charge in [0.05, 0.1) is 11.9 Å². The van der Waals surface area contributed by atoms with Crippen molar-refractivity contribution in [3.63, 3.8) is 0 Å². The van der Waals surface area contributed by atoms with Crippen LogP contribution in [0.1, 0.15) is 37.2 Å². The Morgan fingerprint density at radius 2 is 1.81 bits per heavy atom. The van der Waals surface area contributed by atoms with Gasteiger partial charge in [0.1, 0.15) is 10.6 Å². The van der Waals surface area contributed by atoms with Crippen LogP contribution in [-0.4, -0.2) is 85.2 Å². The molecule has 0 radical (unpaired) electrons. The molecule has 0 unspecified atom stereocenters. The summed E-state index contributed by atoms with van der Waals surface area (Å²) < 4.78 is 30.5. The van der Waals surface area contributed by atoms with Crippen LogP contribution >= 0.6 is 0 Å². The molecule has 11 heteroatoms. The van der Waals surface area contributed by atoms with Gasteiger partial charge < -0.3 is 14.7 Å². The van der Waals surface area contributed by atoms with Crippen LogP contribution in [0, 0.1) is 0 Å². The van der Waals surface area contributed by atoms with Crippen molar-refractivity contribution in [3.05, 3.63) is 24.2 Å². The van der Waals surface area contributed by atoms with Crippen LogP contribution in [-0.2, 0) is 10.0 Å². The predicted octanol–water partition coefficient (Wildman–Crippen LogP) is 1.17. The molecule has 1 saturated carbocycles. The third-order valence-electron chi connectivity index (χ3n) is 5.89. The normalized spacial score (nSPS) is 18.3. The zero-order valence-electron chi connectivity index (χ0n) is 18.3. The number of anilines is 1. The van der Waals surface area contributed by atoms with Crippen LogP contribution in [0.2, 0.25) is 0 Å². The molecule has 0 atom stereocenters. The molecular weight excluding hydrogens is 420 g/mol. The monoisotopic (exact) mass is 448 g/mol. The lowest BCUT2D eigenvalue weighted by Crippen LogP contribution is -2.51. The average molecular weight is 449 g/mol. The number of hydrogen-bond acceptors (Lipinski definition) is 6. The number of hydrogen-bond donors (Lipinski definition) is 1. The van der Waals surface area contributed by atoms with E-state index >= 15 is 0 Å². The smallest absolute Gasteiger partial charge is 0.319 e. The Morgan fingerprint density at radius 1 is 1.16 bits per heavy atom. The van der Waals surface area contributed by atoms with Gasteiger partial charge in [-0.2, -0.15) is 0 Å². The summed E-state index contributed by atoms with van der Waals surface area (Å²) in [7, 11) is -0.340. The van der Waals surface area contributed by atoms with Crippen molar-refractivity contribution < 1.29 is 18.0 Å². The largest absolute Gasteiger partial charge is 0.365 e. The summed E-state index contributed by atoms with van der Waals surface area (Å²) in [5.74, 6) is -0.198. The number of fused-ring (bicyclic) bond motifs is 1. The van der Waals surface area contributed by atoms with E-state index in [1.54, 1.807) is 34.4 Å². The van der Waals surface area contributed by atoms with Gasteiger partial charge in [0, 0.05) is 58.9 Å². The van der Waals surface area contributed by atoms with E-state index in [0.29, 0.717) is 43.2 Å². The lowest BCUT2D eigenvalue weighted by Gasteiger charge is -2.37. The second-order valence-electron chi connectivity index (χ2n) is 8.77. The lowest BCUT2D eigenvalue weighted by atomic mass is 10.2. The van der Waals surface area contributed by atoms with Gasteiger partial charge in [-0.15, -0.1) is 0 Å². The number of piperazine rings is 1. The SMILES string of the molecule is CC(=O)c1cnc2c(N3CCN(C(=O)N(C)C)CC3)cc(S(=O)(=O)NC3(C)CC3)cn12. The second kappa shape index (κ2) is 7.49. The molecule has 4 rings (SSSR count). The Bertz CT molecular complexity index is 1140. The van der Waals surface area contributed by atoms with E-state index < -0.39 is 15.6 Å². The van der Waals surface area contributed by atoms with Gasteiger partial charge in [0.2, 0.25) is 10.0 Å². The standard InChI is InChI=1S/C20H28N6O4S/c1-14(27)17-12-21-18-16(24-7-9-25(10-8-24)19(28)23(3)4)11-15(13-26(17)18)31(29,30)22-20(2)5-6-20/h11-13,22H,5-10H2,1-4H3. The molecule has 10 nitrogen and oxygen atoms in total. The highest BCUT2D eigenvalue weighted by Gasteiger charge is 2.41. The van der Waals surface area contributed by atoms with Gasteiger partial charge in [-0.05, 0) is 25.8 Å². The average Bonchev–Trinajstić information content (AvgIpc) is 3.25. The molecule has 3 heterocycles. The number of Topliss-reactive ketones (excluding diaryl/α,β-unsaturated/α-hetero) is 1. The van der Waals surface area contributed by atoms with Crippen molar-refractivity contribution in [3.8, 4) is 0 Å². The molecule has 2 aliphatic rings. The van der Waals surface area contributed by atoms with E-state index in [1.807, 2.05) is 11.8 Å². The first-order valence-electron chi connectivity index (χ1n) is 10.3. The van der Waals surface area contributed by atoms with Crippen molar-refractivity contribution in [1.82, 2.24) is 23.9 Å². The predicted molar refractivity (Wildman–Crippen MR) is 116 cm³/mol. The molecule has 0 aromatic carbocycles. The summed E-state index contributed by atoms with van der Waals surface area (Å²) in [6, 6.07) is 1.56. The summed E-state index contributed by atoms with van der Waals surface area (Å²) in [6.07, 6.45) is 4.53. The van der Waals surface area contributed by atoms with Crippen molar-refractivity contribution in [2.75, 3.05) is 45.2 Å². The minimum absolute atomic E-state index is 0.0531. The fourth-order valence-corrected chi connectivity index (χ4v) is 5.26. The summed E-state index contributed by atoms with van der Waals surface area (Å²) in [6.45, 7) is 5.40. The molecule has 0 bridgehead atoms. The Kier molecular flexibility index (Phi) is 5.21. The molecule has 2 aromatic rings. The Balaban J connectivity index is 1.73. The molecule has 1 aliphatic heterocycles. The molecule has 1 saturated heterocycles. The molecule has 168 valence electrons. The van der Waals surface area contributed by atoms with Gasteiger partial charge in [0.25, 0.3) is 0 Å². The van der Waals surface area contributed by atoms with E-state index in [-0.39, 0.29) is 16.7 Å². The third kappa shape index (κ3) is 4.11. The van der Waals surface area contributed by atoms with Gasteiger partial charge >= 0.3 is 6.03 Å². The summed E-state index contributed by atoms with van der Waals surface area (Å²) in [4.78, 5) is 34.2. The minimum atomic E-state index is -3.77. The lowest BCUT2D eigenvalue weighted by molar-refractivity contribution is 0.101. The van der Waals surface area contributed by atoms with E-state index in [4.69, 9.17) is 0 Å². The quantitative estimate of drug-likeness (QED) is 0.688. The number of aromatic nitrogens is 2. The molecule has 31 heavy (non-hydrogen) atoms. The summed E-state index contributed by atoms with van der Waals surface area (Å²) >= 11 is 0. The molecule has 2 amide bonds. The van der Waals surface area contributed by atoms with Crippen LogP contribution in [0.25, 0.3) is 5.65 Å². The number of pyridine rings is 1. The maximum atomic E-state index is 13.1. The van der Waals surface area contributed by atoms with E-state index in [2.05, 4.69) is 9.71 Å². The van der Waals surface area contributed by atoms with Crippen molar-refractivity contribution >= 4 is 33.2 Å². The first kappa shape index (κ1) is 21.6. The minimum Gasteiger partial charge on any atom is -0.365 e. The van der Waals surface area contributed by atoms with Gasteiger partial charge in [-0.25, -0.2) is 22.9 Å². The number of urea groups is 1. The molecular formula is C20H28N6O4S. The first-order valence-corrected chi connectivity index (χ1v) is 11.8. The van der Waals surface area contributed by atoms with E-state index in [0.717, 1.165) is 12.8 Å². The number of carbonyl (C=O) groups is 2. The zero-order chi connectivity index (χ0) is 22.6. The molecule has 2 fully saturated rings. The van der Waals surface area contributed by atoms with Gasteiger partial charge in [-0.3, -0.25) is 9.20 Å². The van der Waals surface area contributed by atoms with Crippen LogP contribution < -0.4 is 9.62 Å². The number of carbonyl (C=O) groups excluding carboxylic acids is 2. The van der Waals surface area contributed by atoms with Crippen molar-refractivity contribution in [2.45, 2.75) is 37.1 Å². The number of sulfonamides is 1. The maximum Gasteiger partial charge on any atom is 0.319 e. The molecule has 1 N–H and O–H groups in total. The zero-order valence-corrected chi connectivity index (χ0v) is 19.1. The Labute approximate surface area is 181 Å². The fraction of sp³-hybridized carbons (Fsp3) is 0.550. The van der Waals surface area contributed by atoms with Gasteiger partial charge in [0.15, 0.2) is 11.4 Å². The molecule has 1 aliphatic carbocycles.